The van der Waals surface area contributed by atoms with Gasteiger partial charge in [-0.25, -0.2) is 4.98 Å². The second-order valence-corrected chi connectivity index (χ2v) is 9.02. The Kier molecular flexibility index (Phi) is 7.61. The maximum Gasteiger partial charge on any atom is 0.137 e. The van der Waals surface area contributed by atoms with Crippen LogP contribution in [0.2, 0.25) is 5.02 Å². The zero-order valence-electron chi connectivity index (χ0n) is 18.2. The summed E-state index contributed by atoms with van der Waals surface area (Å²) in [7, 11) is 0. The van der Waals surface area contributed by atoms with Gasteiger partial charge in [0, 0.05) is 35.9 Å². The lowest BCUT2D eigenvalue weighted by Gasteiger charge is -2.27. The first-order chi connectivity index (χ1) is 15.6. The van der Waals surface area contributed by atoms with Crippen LogP contribution in [0.1, 0.15) is 43.2 Å². The van der Waals surface area contributed by atoms with Crippen LogP contribution in [-0.4, -0.2) is 28.4 Å². The van der Waals surface area contributed by atoms with Gasteiger partial charge >= 0.3 is 0 Å². The molecule has 0 bridgehead atoms. The number of ketones is 1. The van der Waals surface area contributed by atoms with Gasteiger partial charge in [0.05, 0.1) is 24.8 Å². The fourth-order valence-electron chi connectivity index (χ4n) is 4.47. The van der Waals surface area contributed by atoms with E-state index < -0.39 is 0 Å². The molecule has 1 aromatic heterocycles. The number of H-pyrrole nitrogens is 1. The van der Waals surface area contributed by atoms with Crippen LogP contribution in [0.4, 0.5) is 0 Å². The van der Waals surface area contributed by atoms with Crippen LogP contribution in [0.3, 0.4) is 0 Å². The molecule has 0 unspecified atom stereocenters. The number of nitrogens with zero attached hydrogens (tertiary/aromatic N) is 1. The summed E-state index contributed by atoms with van der Waals surface area (Å²) < 4.78 is 6.04. The lowest BCUT2D eigenvalue weighted by Crippen LogP contribution is -2.34. The first-order valence-corrected chi connectivity index (χ1v) is 11.7. The number of hydrogen-bond acceptors (Lipinski definition) is 4. The Hall–Kier alpha value is -2.63. The molecule has 4 rings (SSSR count). The second-order valence-electron chi connectivity index (χ2n) is 8.61. The number of rotatable bonds is 9. The maximum atomic E-state index is 12.6. The Morgan fingerprint density at radius 2 is 2.03 bits per heavy atom. The SMILES string of the molecule is N[C@H]1CCCC[C@H]1CC(=O)Cc1ccc(CCOc2ccccc2-c2cnc[nH]2)c(Cl)c1. The molecule has 0 saturated heterocycles. The summed E-state index contributed by atoms with van der Waals surface area (Å²) in [5.41, 5.74) is 10.1. The van der Waals surface area contributed by atoms with Gasteiger partial charge in [0.25, 0.3) is 0 Å². The third-order valence-corrected chi connectivity index (χ3v) is 6.63. The molecule has 1 aliphatic carbocycles. The lowest BCUT2D eigenvalue weighted by atomic mass is 9.81. The number of nitrogens with one attached hydrogen (secondary N) is 1. The van der Waals surface area contributed by atoms with Gasteiger partial charge in [-0.15, -0.1) is 0 Å². The van der Waals surface area contributed by atoms with Crippen LogP contribution < -0.4 is 10.5 Å². The summed E-state index contributed by atoms with van der Waals surface area (Å²) in [4.78, 5) is 19.8. The molecule has 0 spiro atoms. The zero-order valence-corrected chi connectivity index (χ0v) is 19.0. The molecule has 0 amide bonds. The molecule has 32 heavy (non-hydrogen) atoms. The van der Waals surface area contributed by atoms with Crippen molar-refractivity contribution in [3.8, 4) is 17.0 Å². The van der Waals surface area contributed by atoms with Crippen molar-refractivity contribution in [3.05, 3.63) is 71.1 Å². The number of aromatic nitrogens is 2. The average molecular weight is 452 g/mol. The zero-order chi connectivity index (χ0) is 22.3. The van der Waals surface area contributed by atoms with Gasteiger partial charge in [0.15, 0.2) is 0 Å². The molecule has 5 nitrogen and oxygen atoms in total. The average Bonchev–Trinajstić information content (AvgIpc) is 3.32. The Morgan fingerprint density at radius 1 is 1.19 bits per heavy atom. The number of aromatic amines is 1. The molecule has 1 heterocycles. The van der Waals surface area contributed by atoms with Crippen molar-refractivity contribution in [1.82, 2.24) is 9.97 Å². The molecule has 2 atom stereocenters. The fourth-order valence-corrected chi connectivity index (χ4v) is 4.77. The molecule has 6 heteroatoms. The molecule has 0 radical (unpaired) electrons. The maximum absolute atomic E-state index is 12.6. The summed E-state index contributed by atoms with van der Waals surface area (Å²) in [5, 5.41) is 0.676. The van der Waals surface area contributed by atoms with E-state index in [4.69, 9.17) is 22.1 Å². The van der Waals surface area contributed by atoms with E-state index in [0.717, 1.165) is 41.0 Å². The Balaban J connectivity index is 1.31. The van der Waals surface area contributed by atoms with Gasteiger partial charge < -0.3 is 15.5 Å². The quantitative estimate of drug-likeness (QED) is 0.458. The smallest absolute Gasteiger partial charge is 0.137 e. The summed E-state index contributed by atoms with van der Waals surface area (Å²) >= 11 is 6.52. The van der Waals surface area contributed by atoms with Crippen molar-refractivity contribution in [1.29, 1.82) is 0 Å². The number of para-hydroxylation sites is 1. The third kappa shape index (κ3) is 5.78. The summed E-state index contributed by atoms with van der Waals surface area (Å²) in [6.45, 7) is 0.503. The Bertz CT molecular complexity index is 1040. The van der Waals surface area contributed by atoms with E-state index >= 15 is 0 Å². The highest BCUT2D eigenvalue weighted by atomic mass is 35.5. The minimum atomic E-state index is 0.164. The minimum absolute atomic E-state index is 0.164. The minimum Gasteiger partial charge on any atom is -0.493 e. The normalized spacial score (nSPS) is 18.4. The Labute approximate surface area is 194 Å². The van der Waals surface area contributed by atoms with Gasteiger partial charge in [0.1, 0.15) is 11.5 Å². The molecule has 3 N–H and O–H groups in total. The number of imidazole rings is 1. The fraction of sp³-hybridized carbons (Fsp3) is 0.385. The number of benzene rings is 2. The van der Waals surface area contributed by atoms with Gasteiger partial charge in [-0.2, -0.15) is 0 Å². The van der Waals surface area contributed by atoms with Crippen LogP contribution in [0, 0.1) is 5.92 Å². The third-order valence-electron chi connectivity index (χ3n) is 6.28. The topological polar surface area (TPSA) is 81.0 Å². The standard InChI is InChI=1S/C26H30ClN3O2/c27-23-14-18(13-21(31)15-20-5-1-3-7-24(20)28)9-10-19(23)11-12-32-26-8-4-2-6-22(26)25-16-29-17-30-25/h2,4,6,8-10,14,16-17,20,24H,1,3,5,7,11-13,15,28H2,(H,29,30)/t20-,24-/m0/s1. The number of halogens is 1. The Morgan fingerprint density at radius 3 is 2.81 bits per heavy atom. The largest absolute Gasteiger partial charge is 0.493 e. The number of hydrogen-bond donors (Lipinski definition) is 2. The summed E-state index contributed by atoms with van der Waals surface area (Å²) in [6.07, 6.45) is 9.57. The number of ether oxygens (including phenoxy) is 1. The number of carbonyl (C=O) groups excluding carboxylic acids is 1. The van der Waals surface area contributed by atoms with Gasteiger partial charge in [-0.05, 0) is 48.1 Å². The highest BCUT2D eigenvalue weighted by Crippen LogP contribution is 2.29. The van der Waals surface area contributed by atoms with Gasteiger partial charge in [0.2, 0.25) is 0 Å². The van der Waals surface area contributed by atoms with Crippen LogP contribution in [0.5, 0.6) is 5.75 Å². The molecule has 3 aromatic rings. The van der Waals surface area contributed by atoms with Crippen molar-refractivity contribution in [2.45, 2.75) is 51.0 Å². The monoisotopic (exact) mass is 451 g/mol. The van der Waals surface area contributed by atoms with E-state index in [0.29, 0.717) is 36.8 Å². The number of Topliss-reactive ketones (excluding diaryl/α,β-unsaturated/α-hetero) is 1. The molecule has 2 aromatic carbocycles. The first-order valence-electron chi connectivity index (χ1n) is 11.4. The van der Waals surface area contributed by atoms with Crippen molar-refractivity contribution in [3.63, 3.8) is 0 Å². The molecular weight excluding hydrogens is 422 g/mol. The van der Waals surface area contributed by atoms with E-state index in [9.17, 15) is 4.79 Å². The highest BCUT2D eigenvalue weighted by molar-refractivity contribution is 6.31. The van der Waals surface area contributed by atoms with Crippen molar-refractivity contribution in [2.75, 3.05) is 6.61 Å². The molecule has 1 aliphatic rings. The molecule has 0 aliphatic heterocycles. The predicted octanol–water partition coefficient (Wildman–Crippen LogP) is 5.37. The van der Waals surface area contributed by atoms with Crippen molar-refractivity contribution in [2.24, 2.45) is 11.7 Å². The predicted molar refractivity (Wildman–Crippen MR) is 128 cm³/mol. The number of carbonyl (C=O) groups is 1. The van der Waals surface area contributed by atoms with Crippen molar-refractivity contribution < 1.29 is 9.53 Å². The number of nitrogens with two attached hydrogens (primary N) is 1. The van der Waals surface area contributed by atoms with Crippen LogP contribution in [0.15, 0.2) is 55.0 Å². The van der Waals surface area contributed by atoms with E-state index in [2.05, 4.69) is 9.97 Å². The van der Waals surface area contributed by atoms with Crippen LogP contribution >= 0.6 is 11.6 Å². The summed E-state index contributed by atoms with van der Waals surface area (Å²) in [6, 6.07) is 14.0. The van der Waals surface area contributed by atoms with Crippen molar-refractivity contribution >= 4 is 17.4 Å². The highest BCUT2D eigenvalue weighted by Gasteiger charge is 2.24. The molecule has 168 valence electrons. The van der Waals surface area contributed by atoms with Crippen LogP contribution in [0.25, 0.3) is 11.3 Å². The van der Waals surface area contributed by atoms with Gasteiger partial charge in [-0.3, -0.25) is 4.79 Å². The van der Waals surface area contributed by atoms with E-state index in [1.807, 2.05) is 42.5 Å². The second kappa shape index (κ2) is 10.8. The molecular formula is C26H30ClN3O2. The van der Waals surface area contributed by atoms with E-state index in [1.54, 1.807) is 12.5 Å². The molecule has 1 fully saturated rings. The molecule has 1 saturated carbocycles. The first kappa shape index (κ1) is 22.6. The summed E-state index contributed by atoms with van der Waals surface area (Å²) in [5.74, 6) is 1.37. The van der Waals surface area contributed by atoms with E-state index in [1.165, 1.54) is 12.8 Å². The van der Waals surface area contributed by atoms with Gasteiger partial charge in [-0.1, -0.05) is 48.7 Å². The van der Waals surface area contributed by atoms with Crippen LogP contribution in [-0.2, 0) is 17.6 Å². The lowest BCUT2D eigenvalue weighted by molar-refractivity contribution is -0.119. The van der Waals surface area contributed by atoms with E-state index in [-0.39, 0.29) is 11.8 Å².